The zero-order chi connectivity index (χ0) is 13.1. The quantitative estimate of drug-likeness (QED) is 0.568. The molecule has 0 aliphatic rings. The van der Waals surface area contributed by atoms with Gasteiger partial charge in [-0.25, -0.2) is 0 Å². The van der Waals surface area contributed by atoms with Crippen LogP contribution in [0.5, 0.6) is 0 Å². The van der Waals surface area contributed by atoms with Gasteiger partial charge in [-0.1, -0.05) is 34.1 Å². The number of nitrogens with one attached hydrogen (secondary N) is 1. The molecule has 0 amide bonds. The molecule has 0 radical (unpaired) electrons. The van der Waals surface area contributed by atoms with E-state index in [9.17, 15) is 0 Å². The highest BCUT2D eigenvalue weighted by molar-refractivity contribution is 4.77. The zero-order valence-electron chi connectivity index (χ0n) is 12.3. The van der Waals surface area contributed by atoms with E-state index in [1.54, 1.807) is 7.11 Å². The van der Waals surface area contributed by atoms with Gasteiger partial charge in [-0.15, -0.1) is 0 Å². The van der Waals surface area contributed by atoms with Crippen LogP contribution in [-0.4, -0.2) is 39.5 Å². The molecule has 0 aromatic heterocycles. The van der Waals surface area contributed by atoms with Crippen molar-refractivity contribution in [3.8, 4) is 0 Å². The number of ether oxygens (including phenoxy) is 2. The lowest BCUT2D eigenvalue weighted by molar-refractivity contribution is 0.0514. The molecule has 0 aromatic rings. The van der Waals surface area contributed by atoms with Gasteiger partial charge in [0.15, 0.2) is 0 Å². The van der Waals surface area contributed by atoms with Crippen LogP contribution in [0.4, 0.5) is 0 Å². The van der Waals surface area contributed by atoms with Crippen LogP contribution < -0.4 is 5.32 Å². The van der Waals surface area contributed by atoms with Crippen molar-refractivity contribution in [2.75, 3.05) is 33.5 Å². The predicted molar refractivity (Wildman–Crippen MR) is 73.5 cm³/mol. The molecule has 3 heteroatoms. The molecule has 3 nitrogen and oxygen atoms in total. The van der Waals surface area contributed by atoms with E-state index in [1.807, 2.05) is 0 Å². The molecule has 0 spiro atoms. The predicted octanol–water partition coefficient (Wildman–Crippen LogP) is 2.84. The van der Waals surface area contributed by atoms with Gasteiger partial charge in [0.1, 0.15) is 0 Å². The van der Waals surface area contributed by atoms with Gasteiger partial charge in [-0.3, -0.25) is 0 Å². The summed E-state index contributed by atoms with van der Waals surface area (Å²) in [6.45, 7) is 12.3. The number of hydrogen-bond acceptors (Lipinski definition) is 3. The van der Waals surface area contributed by atoms with E-state index in [1.165, 1.54) is 12.8 Å². The van der Waals surface area contributed by atoms with E-state index < -0.39 is 0 Å². The number of methoxy groups -OCH3 is 1. The summed E-state index contributed by atoms with van der Waals surface area (Å²) < 4.78 is 10.5. The van der Waals surface area contributed by atoms with Crippen LogP contribution in [0.25, 0.3) is 0 Å². The van der Waals surface area contributed by atoms with Crippen molar-refractivity contribution >= 4 is 0 Å². The highest BCUT2D eigenvalue weighted by atomic mass is 16.5. The van der Waals surface area contributed by atoms with Gasteiger partial charge in [0.05, 0.1) is 13.2 Å². The SMILES string of the molecule is CCCC(C)(CCOCCOC)CNC(C)C. The van der Waals surface area contributed by atoms with Crippen LogP contribution in [-0.2, 0) is 9.47 Å². The molecular formula is C14H31NO2. The Morgan fingerprint density at radius 2 is 1.82 bits per heavy atom. The Morgan fingerprint density at radius 3 is 2.35 bits per heavy atom. The summed E-state index contributed by atoms with van der Waals surface area (Å²) in [6.07, 6.45) is 3.60. The molecule has 0 rings (SSSR count). The van der Waals surface area contributed by atoms with E-state index in [0.717, 1.165) is 19.6 Å². The zero-order valence-corrected chi connectivity index (χ0v) is 12.3. The molecule has 1 N–H and O–H groups in total. The number of rotatable bonds is 11. The first-order valence-electron chi connectivity index (χ1n) is 6.84. The Labute approximate surface area is 107 Å². The van der Waals surface area contributed by atoms with E-state index in [2.05, 4.69) is 33.0 Å². The molecule has 104 valence electrons. The van der Waals surface area contributed by atoms with Crippen LogP contribution >= 0.6 is 0 Å². The molecule has 0 saturated carbocycles. The van der Waals surface area contributed by atoms with Crippen molar-refractivity contribution in [2.45, 2.75) is 53.0 Å². The lowest BCUT2D eigenvalue weighted by Crippen LogP contribution is -2.36. The van der Waals surface area contributed by atoms with Crippen LogP contribution in [0, 0.1) is 5.41 Å². The van der Waals surface area contributed by atoms with Crippen molar-refractivity contribution in [1.82, 2.24) is 5.32 Å². The fraction of sp³-hybridized carbons (Fsp3) is 1.00. The maximum atomic E-state index is 5.57. The van der Waals surface area contributed by atoms with Gasteiger partial charge in [0.25, 0.3) is 0 Å². The van der Waals surface area contributed by atoms with E-state index in [4.69, 9.17) is 9.47 Å². The molecular weight excluding hydrogens is 214 g/mol. The highest BCUT2D eigenvalue weighted by Crippen LogP contribution is 2.26. The molecule has 0 heterocycles. The van der Waals surface area contributed by atoms with Crippen molar-refractivity contribution in [3.05, 3.63) is 0 Å². The van der Waals surface area contributed by atoms with Crippen molar-refractivity contribution in [3.63, 3.8) is 0 Å². The van der Waals surface area contributed by atoms with Crippen molar-refractivity contribution in [1.29, 1.82) is 0 Å². The summed E-state index contributed by atoms with van der Waals surface area (Å²) in [6, 6.07) is 0.556. The van der Waals surface area contributed by atoms with Crippen LogP contribution in [0.1, 0.15) is 47.0 Å². The third-order valence-corrected chi connectivity index (χ3v) is 3.07. The minimum atomic E-state index is 0.353. The molecule has 1 atom stereocenters. The van der Waals surface area contributed by atoms with Gasteiger partial charge >= 0.3 is 0 Å². The van der Waals surface area contributed by atoms with Crippen LogP contribution in [0.2, 0.25) is 0 Å². The molecule has 0 saturated heterocycles. The minimum Gasteiger partial charge on any atom is -0.382 e. The monoisotopic (exact) mass is 245 g/mol. The lowest BCUT2D eigenvalue weighted by atomic mass is 9.82. The first-order chi connectivity index (χ1) is 8.04. The maximum absolute atomic E-state index is 5.57. The van der Waals surface area contributed by atoms with E-state index in [0.29, 0.717) is 24.7 Å². The molecule has 0 aromatic carbocycles. The van der Waals surface area contributed by atoms with Crippen molar-refractivity contribution < 1.29 is 9.47 Å². The Balaban J connectivity index is 3.85. The molecule has 17 heavy (non-hydrogen) atoms. The van der Waals surface area contributed by atoms with Gasteiger partial charge in [-0.2, -0.15) is 0 Å². The van der Waals surface area contributed by atoms with Gasteiger partial charge in [-0.05, 0) is 18.3 Å². The lowest BCUT2D eigenvalue weighted by Gasteiger charge is -2.30. The van der Waals surface area contributed by atoms with Crippen LogP contribution in [0.15, 0.2) is 0 Å². The highest BCUT2D eigenvalue weighted by Gasteiger charge is 2.22. The smallest absolute Gasteiger partial charge is 0.0700 e. The van der Waals surface area contributed by atoms with Gasteiger partial charge in [0.2, 0.25) is 0 Å². The third kappa shape index (κ3) is 9.57. The minimum absolute atomic E-state index is 0.353. The van der Waals surface area contributed by atoms with E-state index in [-0.39, 0.29) is 0 Å². The standard InChI is InChI=1S/C14H31NO2/c1-6-7-14(4,12-15-13(2)3)8-9-17-11-10-16-5/h13,15H,6-12H2,1-5H3. The Bertz CT molecular complexity index is 174. The summed E-state index contributed by atoms with van der Waals surface area (Å²) in [5.41, 5.74) is 0.353. The van der Waals surface area contributed by atoms with Gasteiger partial charge in [0, 0.05) is 26.3 Å². The third-order valence-electron chi connectivity index (χ3n) is 3.07. The van der Waals surface area contributed by atoms with Crippen LogP contribution in [0.3, 0.4) is 0 Å². The topological polar surface area (TPSA) is 30.5 Å². The fourth-order valence-electron chi connectivity index (χ4n) is 1.92. The second-order valence-corrected chi connectivity index (χ2v) is 5.45. The average Bonchev–Trinajstić information content (AvgIpc) is 2.27. The Kier molecular flexibility index (Phi) is 9.79. The largest absolute Gasteiger partial charge is 0.382 e. The summed E-state index contributed by atoms with van der Waals surface area (Å²) >= 11 is 0. The second kappa shape index (κ2) is 9.86. The van der Waals surface area contributed by atoms with Gasteiger partial charge < -0.3 is 14.8 Å². The van der Waals surface area contributed by atoms with E-state index >= 15 is 0 Å². The first-order valence-corrected chi connectivity index (χ1v) is 6.84. The normalized spacial score (nSPS) is 15.2. The summed E-state index contributed by atoms with van der Waals surface area (Å²) in [5, 5.41) is 3.54. The first kappa shape index (κ1) is 16.9. The second-order valence-electron chi connectivity index (χ2n) is 5.45. The molecule has 1 unspecified atom stereocenters. The summed E-state index contributed by atoms with van der Waals surface area (Å²) in [7, 11) is 1.71. The maximum Gasteiger partial charge on any atom is 0.0700 e. The average molecular weight is 245 g/mol. The molecule has 0 fully saturated rings. The summed E-state index contributed by atoms with van der Waals surface area (Å²) in [4.78, 5) is 0. The Hall–Kier alpha value is -0.120. The molecule has 0 aliphatic heterocycles. The molecule has 0 bridgehead atoms. The number of hydrogen-bond donors (Lipinski definition) is 1. The molecule has 0 aliphatic carbocycles. The Morgan fingerprint density at radius 1 is 1.12 bits per heavy atom. The fourth-order valence-corrected chi connectivity index (χ4v) is 1.92. The van der Waals surface area contributed by atoms with Crippen molar-refractivity contribution in [2.24, 2.45) is 5.41 Å². The summed E-state index contributed by atoms with van der Waals surface area (Å²) in [5.74, 6) is 0.